The van der Waals surface area contributed by atoms with Crippen LogP contribution in [-0.2, 0) is 11.3 Å². The van der Waals surface area contributed by atoms with E-state index in [4.69, 9.17) is 9.47 Å². The van der Waals surface area contributed by atoms with Gasteiger partial charge in [-0.1, -0.05) is 6.07 Å². The van der Waals surface area contributed by atoms with Crippen LogP contribution < -0.4 is 20.1 Å². The number of imidazole rings is 1. The van der Waals surface area contributed by atoms with Gasteiger partial charge in [0.2, 0.25) is 11.8 Å². The van der Waals surface area contributed by atoms with E-state index in [1.54, 1.807) is 42.7 Å². The van der Waals surface area contributed by atoms with E-state index in [0.717, 1.165) is 25.7 Å². The Kier molecular flexibility index (Phi) is 7.16. The minimum atomic E-state index is -0.483. The summed E-state index contributed by atoms with van der Waals surface area (Å²) < 4.78 is 27.6. The van der Waals surface area contributed by atoms with Crippen molar-refractivity contribution in [2.75, 3.05) is 12.4 Å². The molecule has 4 aromatic rings. The maximum absolute atomic E-state index is 14.7. The average Bonchev–Trinajstić information content (AvgIpc) is 3.56. The average molecular weight is 519 g/mol. The van der Waals surface area contributed by atoms with Gasteiger partial charge in [0.25, 0.3) is 5.91 Å². The first-order valence-electron chi connectivity index (χ1n) is 12.3. The van der Waals surface area contributed by atoms with Crippen molar-refractivity contribution in [3.63, 3.8) is 0 Å². The number of rotatable bonds is 8. The Morgan fingerprint density at radius 2 is 2.00 bits per heavy atom. The summed E-state index contributed by atoms with van der Waals surface area (Å²) in [7, 11) is 1.42. The zero-order chi connectivity index (χ0) is 26.6. The number of anilines is 1. The molecule has 1 aromatic carbocycles. The molecule has 0 saturated heterocycles. The van der Waals surface area contributed by atoms with Crippen LogP contribution in [0.1, 0.15) is 48.5 Å². The number of halogens is 1. The number of amides is 2. The molecule has 2 N–H and O–H groups in total. The Balaban J connectivity index is 1.37. The van der Waals surface area contributed by atoms with E-state index in [2.05, 4.69) is 25.7 Å². The zero-order valence-electron chi connectivity index (χ0n) is 21.0. The maximum atomic E-state index is 14.7. The van der Waals surface area contributed by atoms with E-state index in [1.807, 2.05) is 0 Å². The predicted molar refractivity (Wildman–Crippen MR) is 138 cm³/mol. The second kappa shape index (κ2) is 10.8. The number of ether oxygens (including phenoxy) is 2. The lowest BCUT2D eigenvalue weighted by molar-refractivity contribution is -0.114. The van der Waals surface area contributed by atoms with Crippen LogP contribution in [0.2, 0.25) is 0 Å². The molecule has 0 aliphatic heterocycles. The number of methoxy groups -OCH3 is 1. The Morgan fingerprint density at radius 3 is 2.76 bits per heavy atom. The molecule has 3 heterocycles. The molecule has 1 aliphatic rings. The number of fused-ring (bicyclic) bond motifs is 1. The van der Waals surface area contributed by atoms with Crippen LogP contribution >= 0.6 is 0 Å². The smallest absolute Gasteiger partial charge is 0.257 e. The normalized spacial score (nSPS) is 13.4. The van der Waals surface area contributed by atoms with Gasteiger partial charge in [0.1, 0.15) is 17.1 Å². The van der Waals surface area contributed by atoms with E-state index in [-0.39, 0.29) is 35.6 Å². The fraction of sp³-hybridized carbons (Fsp3) is 0.296. The molecule has 1 aliphatic carbocycles. The van der Waals surface area contributed by atoms with Gasteiger partial charge in [-0.3, -0.25) is 9.59 Å². The van der Waals surface area contributed by atoms with Gasteiger partial charge in [-0.15, -0.1) is 0 Å². The predicted octanol–water partition coefficient (Wildman–Crippen LogP) is 4.15. The lowest BCUT2D eigenvalue weighted by Crippen LogP contribution is -2.25. The number of benzene rings is 1. The molecule has 0 unspecified atom stereocenters. The van der Waals surface area contributed by atoms with E-state index >= 15 is 0 Å². The zero-order valence-corrected chi connectivity index (χ0v) is 21.0. The van der Waals surface area contributed by atoms with Gasteiger partial charge in [0.05, 0.1) is 25.1 Å². The fourth-order valence-corrected chi connectivity index (χ4v) is 4.46. The second-order valence-corrected chi connectivity index (χ2v) is 9.03. The highest BCUT2D eigenvalue weighted by molar-refractivity contribution is 5.97. The quantitative estimate of drug-likeness (QED) is 0.360. The summed E-state index contributed by atoms with van der Waals surface area (Å²) in [6.45, 7) is 1.33. The maximum Gasteiger partial charge on any atom is 0.257 e. The van der Waals surface area contributed by atoms with E-state index < -0.39 is 11.7 Å². The van der Waals surface area contributed by atoms with Crippen molar-refractivity contribution in [2.24, 2.45) is 0 Å². The molecule has 0 spiro atoms. The summed E-state index contributed by atoms with van der Waals surface area (Å²) in [6.07, 6.45) is 7.24. The highest BCUT2D eigenvalue weighted by atomic mass is 19.1. The van der Waals surface area contributed by atoms with Crippen LogP contribution in [0, 0.1) is 5.82 Å². The highest BCUT2D eigenvalue weighted by Crippen LogP contribution is 2.29. The number of nitrogens with zero attached hydrogens (tertiary/aromatic N) is 4. The molecule has 0 bridgehead atoms. The third-order valence-corrected chi connectivity index (χ3v) is 6.31. The number of aromatic nitrogens is 4. The van der Waals surface area contributed by atoms with Crippen LogP contribution in [0.15, 0.2) is 48.8 Å². The van der Waals surface area contributed by atoms with Crippen molar-refractivity contribution < 1.29 is 23.5 Å². The summed E-state index contributed by atoms with van der Waals surface area (Å²) in [6, 6.07) is 9.75. The van der Waals surface area contributed by atoms with Crippen LogP contribution in [0.5, 0.6) is 11.6 Å². The lowest BCUT2D eigenvalue weighted by atomic mass is 10.1. The summed E-state index contributed by atoms with van der Waals surface area (Å²) in [5, 5.41) is 9.91. The van der Waals surface area contributed by atoms with Gasteiger partial charge in [0, 0.05) is 30.8 Å². The standard InChI is InChI=1S/C27H27FN6O4/c1-16(35)31-24-15-34-25(32-24)11-10-22(33-34)17-12-19(27(37-2)30-13-17)26(36)29-14-20-21(28)8-5-9-23(20)38-18-6-3-4-7-18/h5,8-13,15,18H,3-4,6-7,14H2,1-2H3,(H,29,36)(H,31,35). The molecule has 0 radical (unpaired) electrons. The Bertz CT molecular complexity index is 1500. The van der Waals surface area contributed by atoms with Crippen molar-refractivity contribution in [3.05, 3.63) is 65.7 Å². The molecule has 196 valence electrons. The number of pyridine rings is 1. The van der Waals surface area contributed by atoms with Gasteiger partial charge in [-0.2, -0.15) is 5.10 Å². The van der Waals surface area contributed by atoms with Crippen LogP contribution in [0.25, 0.3) is 16.9 Å². The van der Waals surface area contributed by atoms with Gasteiger partial charge >= 0.3 is 0 Å². The minimum absolute atomic E-state index is 0.0573. The van der Waals surface area contributed by atoms with Crippen molar-refractivity contribution in [1.82, 2.24) is 24.9 Å². The third-order valence-electron chi connectivity index (χ3n) is 6.31. The molecule has 3 aromatic heterocycles. The number of hydrogen-bond acceptors (Lipinski definition) is 7. The van der Waals surface area contributed by atoms with Crippen molar-refractivity contribution in [2.45, 2.75) is 45.3 Å². The van der Waals surface area contributed by atoms with E-state index in [9.17, 15) is 14.0 Å². The largest absolute Gasteiger partial charge is 0.490 e. The lowest BCUT2D eigenvalue weighted by Gasteiger charge is -2.17. The fourth-order valence-electron chi connectivity index (χ4n) is 4.46. The first-order valence-corrected chi connectivity index (χ1v) is 12.3. The third kappa shape index (κ3) is 5.41. The number of carbonyl (C=O) groups excluding carboxylic acids is 2. The summed E-state index contributed by atoms with van der Waals surface area (Å²) in [5.74, 6) is -0.235. The number of hydrogen-bond donors (Lipinski definition) is 2. The van der Waals surface area contributed by atoms with E-state index in [0.29, 0.717) is 28.5 Å². The Hall–Kier alpha value is -4.54. The monoisotopic (exact) mass is 518 g/mol. The molecular weight excluding hydrogens is 491 g/mol. The minimum Gasteiger partial charge on any atom is -0.490 e. The Morgan fingerprint density at radius 1 is 1.18 bits per heavy atom. The molecule has 2 amide bonds. The first kappa shape index (κ1) is 25.1. The van der Waals surface area contributed by atoms with Crippen LogP contribution in [0.3, 0.4) is 0 Å². The van der Waals surface area contributed by atoms with Gasteiger partial charge in [-0.25, -0.2) is 18.9 Å². The van der Waals surface area contributed by atoms with Crippen molar-refractivity contribution >= 4 is 23.3 Å². The summed E-state index contributed by atoms with van der Waals surface area (Å²) >= 11 is 0. The molecule has 38 heavy (non-hydrogen) atoms. The van der Waals surface area contributed by atoms with Crippen LogP contribution in [0.4, 0.5) is 10.2 Å². The summed E-state index contributed by atoms with van der Waals surface area (Å²) in [5.41, 5.74) is 2.08. The first-order chi connectivity index (χ1) is 18.4. The molecule has 1 fully saturated rings. The molecule has 0 atom stereocenters. The number of carbonyl (C=O) groups is 2. The highest BCUT2D eigenvalue weighted by Gasteiger charge is 2.21. The second-order valence-electron chi connectivity index (χ2n) is 9.03. The Labute approximate surface area is 218 Å². The SMILES string of the molecule is COc1ncc(-c2ccc3nc(NC(C)=O)cn3n2)cc1C(=O)NCc1c(F)cccc1OC1CCCC1. The van der Waals surface area contributed by atoms with Crippen LogP contribution in [-0.4, -0.2) is 44.6 Å². The molecule has 5 rings (SSSR count). The van der Waals surface area contributed by atoms with E-state index in [1.165, 1.54) is 24.6 Å². The van der Waals surface area contributed by atoms with Gasteiger partial charge in [-0.05, 0) is 56.0 Å². The van der Waals surface area contributed by atoms with Crippen molar-refractivity contribution in [1.29, 1.82) is 0 Å². The molecule has 11 heteroatoms. The topological polar surface area (TPSA) is 120 Å². The molecular formula is C27H27FN6O4. The van der Waals surface area contributed by atoms with Gasteiger partial charge in [0.15, 0.2) is 11.5 Å². The molecule has 10 nitrogen and oxygen atoms in total. The number of nitrogens with one attached hydrogen (secondary N) is 2. The van der Waals surface area contributed by atoms with Gasteiger partial charge < -0.3 is 20.1 Å². The van der Waals surface area contributed by atoms with Crippen molar-refractivity contribution in [3.8, 4) is 22.9 Å². The molecule has 1 saturated carbocycles. The summed E-state index contributed by atoms with van der Waals surface area (Å²) in [4.78, 5) is 33.1.